The number of hydrogen-bond acceptors (Lipinski definition) is 7. The van der Waals surface area contributed by atoms with E-state index in [1.807, 2.05) is 0 Å². The van der Waals surface area contributed by atoms with Gasteiger partial charge in [-0.1, -0.05) is 24.3 Å². The van der Waals surface area contributed by atoms with Crippen molar-refractivity contribution in [3.05, 3.63) is 54.0 Å². The summed E-state index contributed by atoms with van der Waals surface area (Å²) in [6, 6.07) is 10.1. The normalized spacial score (nSPS) is 15.6. The summed E-state index contributed by atoms with van der Waals surface area (Å²) in [6.45, 7) is 2.75. The zero-order chi connectivity index (χ0) is 17.9. The van der Waals surface area contributed by atoms with Crippen LogP contribution in [0.25, 0.3) is 10.9 Å². The lowest BCUT2D eigenvalue weighted by molar-refractivity contribution is 0.114. The van der Waals surface area contributed by atoms with Gasteiger partial charge < -0.3 is 15.5 Å². The second-order valence-corrected chi connectivity index (χ2v) is 6.54. The van der Waals surface area contributed by atoms with E-state index in [4.69, 9.17) is 0 Å². The molecule has 1 aliphatic rings. The fraction of sp³-hybridized carbons (Fsp3) is 0.316. The Morgan fingerprint density at radius 2 is 1.96 bits per heavy atom. The molecule has 0 radical (unpaired) electrons. The number of benzene rings is 1. The maximum absolute atomic E-state index is 10.4. The minimum atomic E-state index is -0.534. The first kappa shape index (κ1) is 16.7. The Labute approximate surface area is 151 Å². The van der Waals surface area contributed by atoms with Gasteiger partial charge in [-0.2, -0.15) is 0 Å². The third-order valence-electron chi connectivity index (χ3n) is 4.72. The Kier molecular flexibility index (Phi) is 4.64. The van der Waals surface area contributed by atoms with Crippen molar-refractivity contribution in [3.8, 4) is 5.88 Å². The zero-order valence-corrected chi connectivity index (χ0v) is 14.3. The van der Waals surface area contributed by atoms with E-state index >= 15 is 0 Å². The molecule has 0 spiro atoms. The van der Waals surface area contributed by atoms with Crippen LogP contribution in [0.15, 0.2) is 42.9 Å². The maximum Gasteiger partial charge on any atom is 0.222 e. The van der Waals surface area contributed by atoms with Gasteiger partial charge >= 0.3 is 0 Å². The first-order chi connectivity index (χ1) is 12.7. The van der Waals surface area contributed by atoms with Crippen molar-refractivity contribution in [2.45, 2.75) is 19.1 Å². The van der Waals surface area contributed by atoms with Gasteiger partial charge in [-0.3, -0.25) is 4.90 Å². The van der Waals surface area contributed by atoms with E-state index in [0.29, 0.717) is 29.8 Å². The maximum atomic E-state index is 10.4. The number of anilines is 1. The smallest absolute Gasteiger partial charge is 0.222 e. The predicted molar refractivity (Wildman–Crippen MR) is 98.9 cm³/mol. The highest BCUT2D eigenvalue weighted by Crippen LogP contribution is 2.24. The van der Waals surface area contributed by atoms with Crippen molar-refractivity contribution < 1.29 is 10.2 Å². The molecule has 26 heavy (non-hydrogen) atoms. The van der Waals surface area contributed by atoms with Gasteiger partial charge in [0.15, 0.2) is 5.82 Å². The van der Waals surface area contributed by atoms with Gasteiger partial charge in [0.25, 0.3) is 0 Å². The summed E-state index contributed by atoms with van der Waals surface area (Å²) in [5.41, 5.74) is 3.27. The molecule has 3 heterocycles. The third-order valence-corrected chi connectivity index (χ3v) is 4.72. The zero-order valence-electron chi connectivity index (χ0n) is 14.3. The largest absolute Gasteiger partial charge is 0.493 e. The van der Waals surface area contributed by atoms with Crippen molar-refractivity contribution in [2.75, 3.05) is 25.0 Å². The number of rotatable bonds is 5. The molecule has 7 heteroatoms. The Hall–Kier alpha value is -2.77. The Bertz CT molecular complexity index is 917. The molecule has 0 amide bonds. The summed E-state index contributed by atoms with van der Waals surface area (Å²) in [6.07, 6.45) is 3.36. The average molecular weight is 351 g/mol. The highest BCUT2D eigenvalue weighted by Gasteiger charge is 2.18. The SMILES string of the molecule is Oc1ncnc2c(NC[C@@H](O)CN3CCc4ccccc4C3)nccc12. The number of aromatic hydroxyl groups is 1. The molecule has 1 aromatic carbocycles. The fourth-order valence-corrected chi connectivity index (χ4v) is 3.39. The number of aromatic nitrogens is 3. The van der Waals surface area contributed by atoms with Gasteiger partial charge in [-0.15, -0.1) is 0 Å². The lowest BCUT2D eigenvalue weighted by atomic mass is 10.00. The van der Waals surface area contributed by atoms with E-state index in [0.717, 1.165) is 19.5 Å². The highest BCUT2D eigenvalue weighted by atomic mass is 16.3. The lowest BCUT2D eigenvalue weighted by Gasteiger charge is -2.30. The monoisotopic (exact) mass is 351 g/mol. The van der Waals surface area contributed by atoms with Crippen LogP contribution in [0.5, 0.6) is 5.88 Å². The summed E-state index contributed by atoms with van der Waals surface area (Å²) in [4.78, 5) is 14.5. The molecule has 134 valence electrons. The first-order valence-electron chi connectivity index (χ1n) is 8.70. The quantitative estimate of drug-likeness (QED) is 0.642. The molecule has 0 fully saturated rings. The van der Waals surface area contributed by atoms with Crippen molar-refractivity contribution in [1.29, 1.82) is 0 Å². The topological polar surface area (TPSA) is 94.4 Å². The van der Waals surface area contributed by atoms with Crippen molar-refractivity contribution in [2.24, 2.45) is 0 Å². The molecule has 7 nitrogen and oxygen atoms in total. The van der Waals surface area contributed by atoms with E-state index in [1.165, 1.54) is 17.5 Å². The summed E-state index contributed by atoms with van der Waals surface area (Å²) in [5.74, 6) is 0.455. The van der Waals surface area contributed by atoms with Gasteiger partial charge in [0.2, 0.25) is 5.88 Å². The average Bonchev–Trinajstić information content (AvgIpc) is 2.67. The predicted octanol–water partition coefficient (Wildman–Crippen LogP) is 1.56. The molecule has 3 aromatic rings. The number of nitrogens with zero attached hydrogens (tertiary/aromatic N) is 4. The number of nitrogens with one attached hydrogen (secondary N) is 1. The van der Waals surface area contributed by atoms with Gasteiger partial charge in [-0.25, -0.2) is 15.0 Å². The van der Waals surface area contributed by atoms with E-state index in [2.05, 4.69) is 49.4 Å². The molecular formula is C19H21N5O2. The van der Waals surface area contributed by atoms with Crippen LogP contribution in [0.2, 0.25) is 0 Å². The molecule has 0 unspecified atom stereocenters. The van der Waals surface area contributed by atoms with E-state index in [-0.39, 0.29) is 5.88 Å². The number of hydrogen-bond donors (Lipinski definition) is 3. The van der Waals surface area contributed by atoms with Crippen LogP contribution in [-0.4, -0.2) is 55.8 Å². The molecule has 3 N–H and O–H groups in total. The molecule has 0 bridgehead atoms. The number of aliphatic hydroxyl groups excluding tert-OH is 1. The molecule has 0 saturated carbocycles. The molecular weight excluding hydrogens is 330 g/mol. The van der Waals surface area contributed by atoms with E-state index in [1.54, 1.807) is 12.3 Å². The second-order valence-electron chi connectivity index (χ2n) is 6.54. The minimum absolute atomic E-state index is 0.0759. The molecule has 1 atom stereocenters. The highest BCUT2D eigenvalue weighted by molar-refractivity contribution is 5.90. The van der Waals surface area contributed by atoms with Crippen LogP contribution in [-0.2, 0) is 13.0 Å². The van der Waals surface area contributed by atoms with Gasteiger partial charge in [0.1, 0.15) is 11.8 Å². The molecule has 1 aliphatic heterocycles. The summed E-state index contributed by atoms with van der Waals surface area (Å²) < 4.78 is 0. The second kappa shape index (κ2) is 7.23. The number of aliphatic hydroxyl groups is 1. The van der Waals surface area contributed by atoms with E-state index < -0.39 is 6.10 Å². The molecule has 0 aliphatic carbocycles. The standard InChI is InChI=1S/C19H21N5O2/c25-15(11-24-8-6-13-3-1-2-4-14(13)10-24)9-21-18-17-16(5-7-20-18)19(26)23-12-22-17/h1-5,7,12,15,25H,6,8-11H2,(H,20,21)(H,22,23,26)/t15-/m1/s1. The van der Waals surface area contributed by atoms with Crippen LogP contribution >= 0.6 is 0 Å². The Morgan fingerprint density at radius 1 is 1.12 bits per heavy atom. The first-order valence-corrected chi connectivity index (χ1v) is 8.70. The van der Waals surface area contributed by atoms with Gasteiger partial charge in [0.05, 0.1) is 11.5 Å². The van der Waals surface area contributed by atoms with Crippen LogP contribution in [0.1, 0.15) is 11.1 Å². The van der Waals surface area contributed by atoms with Crippen molar-refractivity contribution in [3.63, 3.8) is 0 Å². The number of β-amino-alcohol motifs (C(OH)–C–C–N with tert-alkyl or cyclic N) is 1. The molecule has 4 rings (SSSR count). The molecule has 0 saturated heterocycles. The van der Waals surface area contributed by atoms with Crippen LogP contribution in [0.3, 0.4) is 0 Å². The Balaban J connectivity index is 1.38. The third kappa shape index (κ3) is 3.44. The molecule has 2 aromatic heterocycles. The summed E-state index contributed by atoms with van der Waals surface area (Å²) in [5, 5.41) is 23.9. The summed E-state index contributed by atoms with van der Waals surface area (Å²) >= 11 is 0. The minimum Gasteiger partial charge on any atom is -0.493 e. The fourth-order valence-electron chi connectivity index (χ4n) is 3.39. The lowest BCUT2D eigenvalue weighted by Crippen LogP contribution is -2.39. The van der Waals surface area contributed by atoms with Crippen LogP contribution in [0.4, 0.5) is 5.82 Å². The van der Waals surface area contributed by atoms with Crippen molar-refractivity contribution >= 4 is 16.7 Å². The van der Waals surface area contributed by atoms with Gasteiger partial charge in [0, 0.05) is 32.4 Å². The number of pyridine rings is 1. The van der Waals surface area contributed by atoms with Gasteiger partial charge in [-0.05, 0) is 23.6 Å². The Morgan fingerprint density at radius 3 is 2.85 bits per heavy atom. The van der Waals surface area contributed by atoms with E-state index in [9.17, 15) is 10.2 Å². The van der Waals surface area contributed by atoms with Crippen LogP contribution in [0, 0.1) is 0 Å². The summed E-state index contributed by atoms with van der Waals surface area (Å²) in [7, 11) is 0. The van der Waals surface area contributed by atoms with Crippen LogP contribution < -0.4 is 5.32 Å². The van der Waals surface area contributed by atoms with Crippen molar-refractivity contribution in [1.82, 2.24) is 19.9 Å². The number of fused-ring (bicyclic) bond motifs is 2.